The van der Waals surface area contributed by atoms with Crippen molar-refractivity contribution in [1.29, 1.82) is 0 Å². The minimum Gasteiger partial charge on any atom is -0.455 e. The van der Waals surface area contributed by atoms with Gasteiger partial charge in [0.25, 0.3) is 0 Å². The molecule has 0 fully saturated rings. The van der Waals surface area contributed by atoms with E-state index in [0.29, 0.717) is 0 Å². The van der Waals surface area contributed by atoms with Gasteiger partial charge in [-0.1, -0.05) is 188 Å². The van der Waals surface area contributed by atoms with Crippen molar-refractivity contribution in [3.05, 3.63) is 231 Å². The summed E-state index contributed by atoms with van der Waals surface area (Å²) in [5.41, 5.74) is 15.3. The van der Waals surface area contributed by atoms with Crippen molar-refractivity contribution in [3.8, 4) is 39.1 Å². The predicted octanol–water partition coefficient (Wildman–Crippen LogP) is 16.3. The maximum atomic E-state index is 6.63. The molecule has 3 nitrogen and oxygen atoms in total. The van der Waals surface area contributed by atoms with Gasteiger partial charge in [-0.25, -0.2) is 0 Å². The molecule has 0 unspecified atom stereocenters. The lowest BCUT2D eigenvalue weighted by Crippen LogP contribution is -2.12. The zero-order chi connectivity index (χ0) is 40.3. The molecule has 0 spiro atoms. The van der Waals surface area contributed by atoms with Crippen LogP contribution in [0, 0.1) is 0 Å². The number of aromatic nitrogens is 1. The molecular weight excluding hydrogens is 741 g/mol. The van der Waals surface area contributed by atoms with Crippen LogP contribution in [0.5, 0.6) is 0 Å². The summed E-state index contributed by atoms with van der Waals surface area (Å²) in [6.07, 6.45) is 0. The predicted molar refractivity (Wildman–Crippen MR) is 257 cm³/mol. The monoisotopic (exact) mass is 778 g/mol. The average Bonchev–Trinajstić information content (AvgIpc) is 3.88. The number of rotatable bonds is 7. The highest BCUT2D eigenvalue weighted by molar-refractivity contribution is 6.13. The Balaban J connectivity index is 1.10. The van der Waals surface area contributed by atoms with Gasteiger partial charge in [-0.05, 0) is 64.5 Å². The summed E-state index contributed by atoms with van der Waals surface area (Å²) in [6.45, 7) is 0. The number of hydrogen-bond donors (Lipinski definition) is 0. The van der Waals surface area contributed by atoms with Crippen molar-refractivity contribution < 1.29 is 4.42 Å². The van der Waals surface area contributed by atoms with Crippen LogP contribution in [0.3, 0.4) is 0 Å². The second kappa shape index (κ2) is 14.3. The maximum Gasteiger partial charge on any atom is 0.143 e. The third-order valence-corrected chi connectivity index (χ3v) is 12.2. The fraction of sp³-hybridized carbons (Fsp3) is 0. The van der Waals surface area contributed by atoms with Crippen LogP contribution < -0.4 is 4.90 Å². The molecule has 0 aliphatic heterocycles. The molecule has 3 heteroatoms. The second-order valence-electron chi connectivity index (χ2n) is 15.6. The van der Waals surface area contributed by atoms with Crippen LogP contribution in [0.15, 0.2) is 235 Å². The standard InChI is InChI=1S/C58H38N2O/c1-2-16-39(17-3-1)40-32-34-42(35-33-40)45-21-6-10-27-52(45)59(53-30-14-19-41-18-4-5-20-44(41)53)43-36-37-48-46-22-7-11-28-54(46)60(56(48)38-43)55-29-12-8-23-47(55)50-25-15-26-51-49-24-9-13-31-57(49)61-58(50)51/h1-38H. The normalized spacial score (nSPS) is 11.6. The fourth-order valence-electron chi connectivity index (χ4n) is 9.41. The number of furan rings is 1. The fourth-order valence-corrected chi connectivity index (χ4v) is 9.41. The number of benzene rings is 10. The van der Waals surface area contributed by atoms with Crippen molar-refractivity contribution in [2.45, 2.75) is 0 Å². The summed E-state index contributed by atoms with van der Waals surface area (Å²) in [5, 5.41) is 7.02. The van der Waals surface area contributed by atoms with E-state index in [1.165, 1.54) is 32.7 Å². The summed E-state index contributed by atoms with van der Waals surface area (Å²) >= 11 is 0. The van der Waals surface area contributed by atoms with Gasteiger partial charge < -0.3 is 13.9 Å². The molecule has 2 heterocycles. The number of para-hydroxylation sites is 5. The maximum absolute atomic E-state index is 6.63. The molecule has 2 aromatic heterocycles. The minimum atomic E-state index is 0.893. The van der Waals surface area contributed by atoms with Gasteiger partial charge in [-0.2, -0.15) is 0 Å². The molecule has 0 amide bonds. The molecule has 0 N–H and O–H groups in total. The van der Waals surface area contributed by atoms with E-state index in [1.54, 1.807) is 0 Å². The molecule has 286 valence electrons. The number of hydrogen-bond acceptors (Lipinski definition) is 2. The second-order valence-corrected chi connectivity index (χ2v) is 15.6. The Bertz CT molecular complexity index is 3590. The first-order valence-electron chi connectivity index (χ1n) is 20.8. The number of nitrogens with zero attached hydrogens (tertiary/aromatic N) is 2. The van der Waals surface area contributed by atoms with E-state index in [1.807, 2.05) is 6.07 Å². The minimum absolute atomic E-state index is 0.893. The number of fused-ring (bicyclic) bond motifs is 7. The third kappa shape index (κ3) is 5.74. The molecule has 10 aromatic carbocycles. The molecule has 61 heavy (non-hydrogen) atoms. The largest absolute Gasteiger partial charge is 0.455 e. The molecule has 0 radical (unpaired) electrons. The summed E-state index contributed by atoms with van der Waals surface area (Å²) < 4.78 is 9.07. The zero-order valence-electron chi connectivity index (χ0n) is 33.2. The van der Waals surface area contributed by atoms with Gasteiger partial charge in [0.15, 0.2) is 0 Å². The molecule has 0 saturated heterocycles. The lowest BCUT2D eigenvalue weighted by molar-refractivity contribution is 0.670. The molecule has 0 saturated carbocycles. The van der Waals surface area contributed by atoms with E-state index in [0.717, 1.165) is 78.0 Å². The van der Waals surface area contributed by atoms with Crippen LogP contribution in [0.4, 0.5) is 17.1 Å². The van der Waals surface area contributed by atoms with Crippen molar-refractivity contribution in [2.75, 3.05) is 4.90 Å². The van der Waals surface area contributed by atoms with Gasteiger partial charge in [-0.3, -0.25) is 0 Å². The van der Waals surface area contributed by atoms with Crippen LogP contribution in [-0.2, 0) is 0 Å². The zero-order valence-corrected chi connectivity index (χ0v) is 33.2. The number of anilines is 3. The van der Waals surface area contributed by atoms with Gasteiger partial charge in [0, 0.05) is 49.3 Å². The Labute approximate surface area is 353 Å². The lowest BCUT2D eigenvalue weighted by Gasteiger charge is -2.29. The van der Waals surface area contributed by atoms with E-state index in [2.05, 4.69) is 234 Å². The smallest absolute Gasteiger partial charge is 0.143 e. The van der Waals surface area contributed by atoms with Gasteiger partial charge in [0.05, 0.1) is 28.1 Å². The van der Waals surface area contributed by atoms with Gasteiger partial charge >= 0.3 is 0 Å². The van der Waals surface area contributed by atoms with E-state index in [4.69, 9.17) is 4.42 Å². The molecule has 0 aliphatic rings. The van der Waals surface area contributed by atoms with Crippen molar-refractivity contribution >= 4 is 71.6 Å². The topological polar surface area (TPSA) is 21.3 Å². The van der Waals surface area contributed by atoms with E-state index in [9.17, 15) is 0 Å². The van der Waals surface area contributed by atoms with E-state index in [-0.39, 0.29) is 0 Å². The Kier molecular flexibility index (Phi) is 8.17. The Morgan fingerprint density at radius 2 is 0.934 bits per heavy atom. The molecular formula is C58H38N2O. The highest BCUT2D eigenvalue weighted by Gasteiger charge is 2.23. The first kappa shape index (κ1) is 34.9. The Morgan fingerprint density at radius 3 is 1.82 bits per heavy atom. The SMILES string of the molecule is c1ccc(-c2ccc(-c3ccccc3N(c3ccc4c5ccccc5n(-c5ccccc5-c5cccc6c5oc5ccccc56)c4c3)c3cccc4ccccc34)cc2)cc1. The third-order valence-electron chi connectivity index (χ3n) is 12.2. The Morgan fingerprint density at radius 1 is 0.344 bits per heavy atom. The summed E-state index contributed by atoms with van der Waals surface area (Å²) in [6, 6.07) is 83.0. The van der Waals surface area contributed by atoms with Gasteiger partial charge in [0.2, 0.25) is 0 Å². The highest BCUT2D eigenvalue weighted by Crippen LogP contribution is 2.46. The quantitative estimate of drug-likeness (QED) is 0.161. The molecule has 12 rings (SSSR count). The summed E-state index contributed by atoms with van der Waals surface area (Å²) in [5.74, 6) is 0. The van der Waals surface area contributed by atoms with E-state index < -0.39 is 0 Å². The first-order chi connectivity index (χ1) is 30.3. The van der Waals surface area contributed by atoms with Crippen LogP contribution in [0.1, 0.15) is 0 Å². The molecule has 0 bridgehead atoms. The molecule has 0 atom stereocenters. The van der Waals surface area contributed by atoms with Crippen molar-refractivity contribution in [2.24, 2.45) is 0 Å². The lowest BCUT2D eigenvalue weighted by atomic mass is 9.98. The van der Waals surface area contributed by atoms with Crippen LogP contribution in [-0.4, -0.2) is 4.57 Å². The van der Waals surface area contributed by atoms with E-state index >= 15 is 0 Å². The van der Waals surface area contributed by atoms with Gasteiger partial charge in [0.1, 0.15) is 11.2 Å². The van der Waals surface area contributed by atoms with Crippen molar-refractivity contribution in [1.82, 2.24) is 4.57 Å². The molecule has 0 aliphatic carbocycles. The average molecular weight is 779 g/mol. The molecule has 12 aromatic rings. The van der Waals surface area contributed by atoms with Crippen LogP contribution >= 0.6 is 0 Å². The summed E-state index contributed by atoms with van der Waals surface area (Å²) in [7, 11) is 0. The van der Waals surface area contributed by atoms with Gasteiger partial charge in [-0.15, -0.1) is 0 Å². The van der Waals surface area contributed by atoms with Crippen LogP contribution in [0.2, 0.25) is 0 Å². The Hall–Kier alpha value is -8.14. The van der Waals surface area contributed by atoms with Crippen LogP contribution in [0.25, 0.3) is 93.6 Å². The summed E-state index contributed by atoms with van der Waals surface area (Å²) in [4.78, 5) is 2.45. The first-order valence-corrected chi connectivity index (χ1v) is 20.8. The highest BCUT2D eigenvalue weighted by atomic mass is 16.3. The van der Waals surface area contributed by atoms with Crippen molar-refractivity contribution in [3.63, 3.8) is 0 Å².